The molecule has 1 spiro atoms. The van der Waals surface area contributed by atoms with Crippen molar-refractivity contribution in [2.75, 3.05) is 0 Å². The van der Waals surface area contributed by atoms with Gasteiger partial charge in [-0.25, -0.2) is 0 Å². The summed E-state index contributed by atoms with van der Waals surface area (Å²) in [6.07, 6.45) is 13.7. The van der Waals surface area contributed by atoms with Crippen LogP contribution in [0, 0.1) is 5.41 Å². The number of aromatic nitrogens is 2. The van der Waals surface area contributed by atoms with Gasteiger partial charge in [0.1, 0.15) is 0 Å². The van der Waals surface area contributed by atoms with Crippen LogP contribution in [-0.2, 0) is 12.1 Å². The molecule has 1 aromatic heterocycles. The van der Waals surface area contributed by atoms with Crippen molar-refractivity contribution in [2.45, 2.75) is 70.4 Å². The molecule has 0 aliphatic heterocycles. The molecule has 0 radical (unpaired) electrons. The average molecular weight is 248 g/mol. The molecule has 100 valence electrons. The molecule has 3 nitrogen and oxygen atoms in total. The van der Waals surface area contributed by atoms with Crippen molar-refractivity contribution in [1.29, 1.82) is 0 Å². The van der Waals surface area contributed by atoms with Crippen LogP contribution in [0.25, 0.3) is 0 Å². The van der Waals surface area contributed by atoms with E-state index < -0.39 is 5.60 Å². The van der Waals surface area contributed by atoms with Gasteiger partial charge in [-0.3, -0.25) is 4.68 Å². The van der Waals surface area contributed by atoms with Gasteiger partial charge in [0.15, 0.2) is 0 Å². The highest BCUT2D eigenvalue weighted by Crippen LogP contribution is 2.53. The summed E-state index contributed by atoms with van der Waals surface area (Å²) in [6, 6.07) is 0. The summed E-state index contributed by atoms with van der Waals surface area (Å²) in [5.74, 6) is 0. The summed E-state index contributed by atoms with van der Waals surface area (Å²) >= 11 is 0. The monoisotopic (exact) mass is 248 g/mol. The molecule has 2 aliphatic rings. The highest BCUT2D eigenvalue weighted by Gasteiger charge is 2.44. The number of aliphatic hydroxyl groups is 1. The van der Waals surface area contributed by atoms with E-state index >= 15 is 0 Å². The molecule has 0 atom stereocenters. The van der Waals surface area contributed by atoms with Gasteiger partial charge in [-0.2, -0.15) is 5.10 Å². The molecular weight excluding hydrogens is 224 g/mol. The number of rotatable bonds is 2. The fraction of sp³-hybridized carbons (Fsp3) is 0.800. The zero-order valence-electron chi connectivity index (χ0n) is 11.4. The lowest BCUT2D eigenvalue weighted by atomic mass is 9.66. The van der Waals surface area contributed by atoms with Gasteiger partial charge in [-0.05, 0) is 50.9 Å². The van der Waals surface area contributed by atoms with Crippen LogP contribution in [0.4, 0.5) is 0 Å². The molecule has 0 amide bonds. The second kappa shape index (κ2) is 4.37. The van der Waals surface area contributed by atoms with Crippen LogP contribution in [0.15, 0.2) is 12.4 Å². The molecular formula is C15H24N2O. The quantitative estimate of drug-likeness (QED) is 0.872. The van der Waals surface area contributed by atoms with Gasteiger partial charge in [0.25, 0.3) is 0 Å². The Morgan fingerprint density at radius 2 is 1.83 bits per heavy atom. The van der Waals surface area contributed by atoms with Gasteiger partial charge in [0.2, 0.25) is 0 Å². The topological polar surface area (TPSA) is 38.0 Å². The molecule has 1 aromatic rings. The predicted molar refractivity (Wildman–Crippen MR) is 71.2 cm³/mol. The summed E-state index contributed by atoms with van der Waals surface area (Å²) in [6.45, 7) is 2.95. The second-order valence-electron chi connectivity index (χ2n) is 6.32. The molecule has 18 heavy (non-hydrogen) atoms. The van der Waals surface area contributed by atoms with Crippen molar-refractivity contribution in [3.63, 3.8) is 0 Å². The fourth-order valence-corrected chi connectivity index (χ4v) is 3.88. The third-order valence-electron chi connectivity index (χ3n) is 5.30. The Hall–Kier alpha value is -0.830. The molecule has 1 heterocycles. The lowest BCUT2D eigenvalue weighted by Gasteiger charge is -2.41. The van der Waals surface area contributed by atoms with Crippen LogP contribution in [0.2, 0.25) is 0 Å². The molecule has 0 aromatic carbocycles. The highest BCUT2D eigenvalue weighted by molar-refractivity contribution is 5.17. The van der Waals surface area contributed by atoms with Gasteiger partial charge in [0, 0.05) is 18.3 Å². The van der Waals surface area contributed by atoms with Gasteiger partial charge in [0.05, 0.1) is 11.8 Å². The number of nitrogens with zero attached hydrogens (tertiary/aromatic N) is 2. The molecule has 0 bridgehead atoms. The van der Waals surface area contributed by atoms with E-state index in [1.54, 1.807) is 0 Å². The summed E-state index contributed by atoms with van der Waals surface area (Å²) in [7, 11) is 0. The standard InChI is InChI=1S/C15H24N2O/c1-2-17-12-13(11-16-17)15(18)9-7-14(8-10-15)5-3-4-6-14/h11-12,18H,2-10H2,1H3. The van der Waals surface area contributed by atoms with Crippen molar-refractivity contribution >= 4 is 0 Å². The molecule has 2 saturated carbocycles. The van der Waals surface area contributed by atoms with E-state index in [1.807, 2.05) is 17.1 Å². The Balaban J connectivity index is 1.73. The zero-order valence-corrected chi connectivity index (χ0v) is 11.4. The van der Waals surface area contributed by atoms with Crippen molar-refractivity contribution in [2.24, 2.45) is 5.41 Å². The van der Waals surface area contributed by atoms with Crippen LogP contribution < -0.4 is 0 Å². The van der Waals surface area contributed by atoms with E-state index in [0.717, 1.165) is 24.9 Å². The van der Waals surface area contributed by atoms with E-state index in [0.29, 0.717) is 5.41 Å². The minimum atomic E-state index is -0.610. The number of aryl methyl sites for hydroxylation is 1. The van der Waals surface area contributed by atoms with E-state index in [1.165, 1.54) is 38.5 Å². The highest BCUT2D eigenvalue weighted by atomic mass is 16.3. The lowest BCUT2D eigenvalue weighted by Crippen LogP contribution is -2.35. The molecule has 2 fully saturated rings. The maximum atomic E-state index is 10.8. The maximum absolute atomic E-state index is 10.8. The average Bonchev–Trinajstić information content (AvgIpc) is 3.04. The largest absolute Gasteiger partial charge is 0.385 e. The van der Waals surface area contributed by atoms with E-state index in [-0.39, 0.29) is 0 Å². The first kappa shape index (κ1) is 12.2. The number of hydrogen-bond donors (Lipinski definition) is 1. The minimum absolute atomic E-state index is 0.576. The zero-order chi connectivity index (χ0) is 12.6. The van der Waals surface area contributed by atoms with E-state index in [9.17, 15) is 5.11 Å². The molecule has 1 N–H and O–H groups in total. The van der Waals surface area contributed by atoms with Gasteiger partial charge in [-0.15, -0.1) is 0 Å². The van der Waals surface area contributed by atoms with Gasteiger partial charge < -0.3 is 5.11 Å². The van der Waals surface area contributed by atoms with Gasteiger partial charge in [-0.1, -0.05) is 12.8 Å². The normalized spacial score (nSPS) is 25.7. The number of hydrogen-bond acceptors (Lipinski definition) is 2. The van der Waals surface area contributed by atoms with Crippen molar-refractivity contribution in [3.8, 4) is 0 Å². The van der Waals surface area contributed by atoms with Crippen LogP contribution >= 0.6 is 0 Å². The van der Waals surface area contributed by atoms with Crippen LogP contribution in [0.3, 0.4) is 0 Å². The first-order chi connectivity index (χ1) is 8.66. The Morgan fingerprint density at radius 1 is 1.17 bits per heavy atom. The summed E-state index contributed by atoms with van der Waals surface area (Å²) < 4.78 is 1.91. The van der Waals surface area contributed by atoms with E-state index in [4.69, 9.17) is 0 Å². The van der Waals surface area contributed by atoms with Crippen LogP contribution in [0.1, 0.15) is 63.9 Å². The second-order valence-corrected chi connectivity index (χ2v) is 6.32. The van der Waals surface area contributed by atoms with Crippen molar-refractivity contribution < 1.29 is 5.11 Å². The maximum Gasteiger partial charge on any atom is 0.0927 e. The Bertz CT molecular complexity index is 408. The van der Waals surface area contributed by atoms with Crippen LogP contribution in [0.5, 0.6) is 0 Å². The third-order valence-corrected chi connectivity index (χ3v) is 5.30. The molecule has 2 aliphatic carbocycles. The Labute approximate surface area is 109 Å². The lowest BCUT2D eigenvalue weighted by molar-refractivity contribution is -0.0376. The third kappa shape index (κ3) is 1.99. The SMILES string of the molecule is CCn1cc(C2(O)CCC3(CCCC3)CC2)cn1. The Kier molecular flexibility index (Phi) is 2.97. The molecule has 3 rings (SSSR count). The Morgan fingerprint density at radius 3 is 2.39 bits per heavy atom. The predicted octanol–water partition coefficient (Wildman–Crippen LogP) is 3.23. The first-order valence-corrected chi connectivity index (χ1v) is 7.41. The molecule has 0 saturated heterocycles. The molecule has 3 heteroatoms. The smallest absolute Gasteiger partial charge is 0.0927 e. The summed E-state index contributed by atoms with van der Waals surface area (Å²) in [4.78, 5) is 0. The van der Waals surface area contributed by atoms with E-state index in [2.05, 4.69) is 12.0 Å². The van der Waals surface area contributed by atoms with Gasteiger partial charge >= 0.3 is 0 Å². The fourth-order valence-electron chi connectivity index (χ4n) is 3.88. The summed E-state index contributed by atoms with van der Waals surface area (Å²) in [5.41, 5.74) is 0.992. The summed E-state index contributed by atoms with van der Waals surface area (Å²) in [5, 5.41) is 15.1. The van der Waals surface area contributed by atoms with Crippen LogP contribution in [-0.4, -0.2) is 14.9 Å². The van der Waals surface area contributed by atoms with Crippen molar-refractivity contribution in [1.82, 2.24) is 9.78 Å². The minimum Gasteiger partial charge on any atom is -0.385 e. The first-order valence-electron chi connectivity index (χ1n) is 7.41. The molecule has 0 unspecified atom stereocenters. The van der Waals surface area contributed by atoms with Crippen molar-refractivity contribution in [3.05, 3.63) is 18.0 Å².